The van der Waals surface area contributed by atoms with Crippen molar-refractivity contribution in [2.45, 2.75) is 12.3 Å². The van der Waals surface area contributed by atoms with Crippen molar-refractivity contribution in [3.63, 3.8) is 0 Å². The maximum absolute atomic E-state index is 12.8. The molecule has 1 fully saturated rings. The van der Waals surface area contributed by atoms with E-state index in [0.29, 0.717) is 22.0 Å². The molecule has 0 aliphatic carbocycles. The lowest BCUT2D eigenvalue weighted by atomic mass is 10.1. The number of nitrogens with zero attached hydrogens (tertiary/aromatic N) is 1. The fourth-order valence-electron chi connectivity index (χ4n) is 3.30. The molecule has 29 heavy (non-hydrogen) atoms. The van der Waals surface area contributed by atoms with Crippen LogP contribution >= 0.6 is 23.4 Å². The smallest absolute Gasteiger partial charge is 0.257 e. The van der Waals surface area contributed by atoms with Crippen molar-refractivity contribution in [1.82, 2.24) is 0 Å². The van der Waals surface area contributed by atoms with Gasteiger partial charge in [-0.1, -0.05) is 59.6 Å². The molecule has 3 aromatic rings. The van der Waals surface area contributed by atoms with E-state index < -0.39 is 0 Å². The molecule has 3 aromatic carbocycles. The Morgan fingerprint density at radius 2 is 1.72 bits per heavy atom. The molecule has 1 unspecified atom stereocenters. The van der Waals surface area contributed by atoms with E-state index in [1.54, 1.807) is 40.9 Å². The topological polar surface area (TPSA) is 49.4 Å². The Hall–Kier alpha value is -2.76. The van der Waals surface area contributed by atoms with E-state index in [4.69, 9.17) is 11.6 Å². The van der Waals surface area contributed by atoms with Crippen molar-refractivity contribution in [3.8, 4) is 0 Å². The van der Waals surface area contributed by atoms with Gasteiger partial charge in [-0.15, -0.1) is 11.8 Å². The molecule has 2 amide bonds. The maximum atomic E-state index is 12.8. The molecule has 1 aliphatic heterocycles. The normalized spacial score (nSPS) is 16.1. The van der Waals surface area contributed by atoms with Gasteiger partial charge < -0.3 is 5.32 Å². The minimum atomic E-state index is -0.278. The van der Waals surface area contributed by atoms with Crippen molar-refractivity contribution in [3.05, 3.63) is 94.5 Å². The van der Waals surface area contributed by atoms with Crippen LogP contribution in [0.3, 0.4) is 0 Å². The van der Waals surface area contributed by atoms with Gasteiger partial charge in [0, 0.05) is 16.9 Å². The Bertz CT molecular complexity index is 1070. The minimum Gasteiger partial charge on any atom is -0.322 e. The number of para-hydroxylation sites is 1. The van der Waals surface area contributed by atoms with Crippen LogP contribution in [0.4, 0.5) is 11.4 Å². The average molecular weight is 423 g/mol. The van der Waals surface area contributed by atoms with Crippen molar-refractivity contribution >= 4 is 46.6 Å². The summed E-state index contributed by atoms with van der Waals surface area (Å²) in [6.45, 7) is 2.02. The summed E-state index contributed by atoms with van der Waals surface area (Å²) in [7, 11) is 0. The number of benzene rings is 3. The lowest BCUT2D eigenvalue weighted by molar-refractivity contribution is -0.115. The number of hydrogen-bond acceptors (Lipinski definition) is 3. The molecular formula is C23H19ClN2O2S. The molecule has 0 bridgehead atoms. The number of amides is 2. The van der Waals surface area contributed by atoms with E-state index in [1.807, 2.05) is 55.5 Å². The van der Waals surface area contributed by atoms with E-state index in [1.165, 1.54) is 0 Å². The van der Waals surface area contributed by atoms with Gasteiger partial charge in [0.25, 0.3) is 5.91 Å². The van der Waals surface area contributed by atoms with Crippen LogP contribution in [0.15, 0.2) is 72.8 Å². The van der Waals surface area contributed by atoms with Gasteiger partial charge in [-0.05, 0) is 37.3 Å². The standard InChI is InChI=1S/C23H19ClN2O2S/c1-15-10-12-16(13-11-15)26-21(27)14-29-23(26)18-7-3-5-9-20(18)25-22(28)17-6-2-4-8-19(17)24/h2-13,23H,14H2,1H3,(H,25,28). The largest absolute Gasteiger partial charge is 0.322 e. The third-order valence-corrected chi connectivity index (χ3v) is 6.30. The summed E-state index contributed by atoms with van der Waals surface area (Å²) >= 11 is 7.72. The monoisotopic (exact) mass is 422 g/mol. The molecule has 146 valence electrons. The first-order valence-corrected chi connectivity index (χ1v) is 10.6. The van der Waals surface area contributed by atoms with Crippen molar-refractivity contribution in [2.24, 2.45) is 0 Å². The molecule has 1 saturated heterocycles. The van der Waals surface area contributed by atoms with Crippen LogP contribution in [0.2, 0.25) is 5.02 Å². The second-order valence-corrected chi connectivity index (χ2v) is 8.26. The Labute approximate surface area is 178 Å². The highest BCUT2D eigenvalue weighted by Gasteiger charge is 2.35. The van der Waals surface area contributed by atoms with Crippen molar-refractivity contribution < 1.29 is 9.59 Å². The van der Waals surface area contributed by atoms with Gasteiger partial charge in [0.15, 0.2) is 0 Å². The molecule has 1 N–H and O–H groups in total. The number of carbonyl (C=O) groups is 2. The predicted molar refractivity (Wildman–Crippen MR) is 120 cm³/mol. The number of nitrogens with one attached hydrogen (secondary N) is 1. The fraction of sp³-hybridized carbons (Fsp3) is 0.130. The first-order valence-electron chi connectivity index (χ1n) is 9.20. The highest BCUT2D eigenvalue weighted by molar-refractivity contribution is 8.00. The van der Waals surface area contributed by atoms with E-state index in [9.17, 15) is 9.59 Å². The van der Waals surface area contributed by atoms with Crippen LogP contribution in [0.1, 0.15) is 26.9 Å². The number of thioether (sulfide) groups is 1. The number of aryl methyl sites for hydroxylation is 1. The molecule has 0 aromatic heterocycles. The zero-order valence-corrected chi connectivity index (χ0v) is 17.3. The van der Waals surface area contributed by atoms with Gasteiger partial charge >= 0.3 is 0 Å². The van der Waals surface area contributed by atoms with Gasteiger partial charge in [0.05, 0.1) is 16.3 Å². The van der Waals surface area contributed by atoms with Crippen LogP contribution in [-0.4, -0.2) is 17.6 Å². The number of anilines is 2. The molecule has 1 atom stereocenters. The molecule has 0 radical (unpaired) electrons. The second kappa shape index (κ2) is 8.31. The highest BCUT2D eigenvalue weighted by atomic mass is 35.5. The summed E-state index contributed by atoms with van der Waals surface area (Å²) in [5.41, 5.74) is 3.94. The van der Waals surface area contributed by atoms with E-state index >= 15 is 0 Å². The van der Waals surface area contributed by atoms with Gasteiger partial charge in [0.2, 0.25) is 5.91 Å². The number of rotatable bonds is 4. The number of halogens is 1. The Morgan fingerprint density at radius 3 is 2.48 bits per heavy atom. The van der Waals surface area contributed by atoms with Crippen molar-refractivity contribution in [1.29, 1.82) is 0 Å². The molecule has 6 heteroatoms. The first kappa shape index (κ1) is 19.6. The predicted octanol–water partition coefficient (Wildman–Crippen LogP) is 5.68. The molecule has 4 rings (SSSR count). The fourth-order valence-corrected chi connectivity index (χ4v) is 4.73. The summed E-state index contributed by atoms with van der Waals surface area (Å²) < 4.78 is 0. The lowest BCUT2D eigenvalue weighted by Gasteiger charge is -2.26. The van der Waals surface area contributed by atoms with Gasteiger partial charge in [-0.25, -0.2) is 0 Å². The minimum absolute atomic E-state index is 0.0519. The molecule has 0 spiro atoms. The third kappa shape index (κ3) is 4.02. The van der Waals surface area contributed by atoms with Crippen LogP contribution < -0.4 is 10.2 Å². The molecular weight excluding hydrogens is 404 g/mol. The van der Waals surface area contributed by atoms with Crippen LogP contribution in [0.5, 0.6) is 0 Å². The van der Waals surface area contributed by atoms with Crippen LogP contribution in [0, 0.1) is 6.92 Å². The van der Waals surface area contributed by atoms with E-state index in [2.05, 4.69) is 5.32 Å². The second-order valence-electron chi connectivity index (χ2n) is 6.78. The average Bonchev–Trinajstić information content (AvgIpc) is 3.10. The zero-order chi connectivity index (χ0) is 20.4. The third-order valence-electron chi connectivity index (χ3n) is 4.77. The van der Waals surface area contributed by atoms with Crippen LogP contribution in [-0.2, 0) is 4.79 Å². The zero-order valence-electron chi connectivity index (χ0n) is 15.8. The maximum Gasteiger partial charge on any atom is 0.257 e. The molecule has 1 aliphatic rings. The van der Waals surface area contributed by atoms with E-state index in [0.717, 1.165) is 16.8 Å². The van der Waals surface area contributed by atoms with Crippen LogP contribution in [0.25, 0.3) is 0 Å². The number of carbonyl (C=O) groups excluding carboxylic acids is 2. The number of hydrogen-bond donors (Lipinski definition) is 1. The van der Waals surface area contributed by atoms with Gasteiger partial charge in [-0.2, -0.15) is 0 Å². The Morgan fingerprint density at radius 1 is 1.03 bits per heavy atom. The van der Waals surface area contributed by atoms with E-state index in [-0.39, 0.29) is 17.2 Å². The summed E-state index contributed by atoms with van der Waals surface area (Å²) in [4.78, 5) is 27.2. The highest BCUT2D eigenvalue weighted by Crippen LogP contribution is 2.44. The SMILES string of the molecule is Cc1ccc(N2C(=O)CSC2c2ccccc2NC(=O)c2ccccc2Cl)cc1. The summed E-state index contributed by atoms with van der Waals surface area (Å²) in [5.74, 6) is 0.168. The molecule has 4 nitrogen and oxygen atoms in total. The summed E-state index contributed by atoms with van der Waals surface area (Å²) in [6, 6.07) is 22.4. The van der Waals surface area contributed by atoms with Gasteiger partial charge in [-0.3, -0.25) is 14.5 Å². The van der Waals surface area contributed by atoms with Crippen molar-refractivity contribution in [2.75, 3.05) is 16.0 Å². The first-order chi connectivity index (χ1) is 14.0. The summed E-state index contributed by atoms with van der Waals surface area (Å²) in [6.07, 6.45) is 0. The Kier molecular flexibility index (Phi) is 5.60. The van der Waals surface area contributed by atoms with Gasteiger partial charge in [0.1, 0.15) is 5.37 Å². The molecule has 0 saturated carbocycles. The summed E-state index contributed by atoms with van der Waals surface area (Å²) in [5, 5.41) is 3.15. The quantitative estimate of drug-likeness (QED) is 0.588. The Balaban J connectivity index is 1.67. The molecule has 1 heterocycles. The lowest BCUT2D eigenvalue weighted by Crippen LogP contribution is -2.28.